The lowest BCUT2D eigenvalue weighted by atomic mass is 10.4. The normalized spacial score (nSPS) is 10.4. The Kier molecular flexibility index (Phi) is 2.17. The molecule has 0 radical (unpaired) electrons. The molecule has 0 saturated heterocycles. The fraction of sp³-hybridized carbons (Fsp3) is 0.222. The first kappa shape index (κ1) is 9.08. The third-order valence-corrected chi connectivity index (χ3v) is 3.02. The first-order valence-corrected chi connectivity index (χ1v) is 5.01. The van der Waals surface area contributed by atoms with Gasteiger partial charge in [0.25, 0.3) is 0 Å². The van der Waals surface area contributed by atoms with Crippen molar-refractivity contribution in [2.24, 2.45) is 0 Å². The van der Waals surface area contributed by atoms with Gasteiger partial charge in [0, 0.05) is 11.1 Å². The molecule has 0 saturated carbocycles. The summed E-state index contributed by atoms with van der Waals surface area (Å²) in [5.74, 6) is 0.285. The highest BCUT2D eigenvalue weighted by Gasteiger charge is 2.07. The van der Waals surface area contributed by atoms with Crippen molar-refractivity contribution >= 4 is 17.3 Å². The predicted octanol–water partition coefficient (Wildman–Crippen LogP) is 1.80. The first-order valence-electron chi connectivity index (χ1n) is 4.20. The Labute approximate surface area is 85.9 Å². The molecular weight excluding hydrogens is 196 g/mol. The summed E-state index contributed by atoms with van der Waals surface area (Å²) in [4.78, 5) is 13.6. The maximum Gasteiger partial charge on any atom is 0.220 e. The number of rotatable bonds is 1. The molecule has 4 nitrogen and oxygen atoms in total. The lowest BCUT2D eigenvalue weighted by molar-refractivity contribution is 1.16. The molecule has 0 fully saturated rings. The van der Waals surface area contributed by atoms with Gasteiger partial charge in [0.15, 0.2) is 0 Å². The van der Waals surface area contributed by atoms with Crippen LogP contribution in [0.25, 0.3) is 10.7 Å². The summed E-state index contributed by atoms with van der Waals surface area (Å²) in [7, 11) is 0. The Bertz CT molecular complexity index is 444. The number of aryl methyl sites for hydroxylation is 2. The van der Waals surface area contributed by atoms with Crippen molar-refractivity contribution in [2.45, 2.75) is 13.8 Å². The summed E-state index contributed by atoms with van der Waals surface area (Å²) >= 11 is 1.62. The highest BCUT2D eigenvalue weighted by Crippen LogP contribution is 2.25. The average Bonchev–Trinajstić information content (AvgIpc) is 2.47. The van der Waals surface area contributed by atoms with E-state index in [1.54, 1.807) is 17.5 Å². The molecule has 2 rings (SSSR count). The van der Waals surface area contributed by atoms with Crippen molar-refractivity contribution in [1.82, 2.24) is 15.0 Å². The molecule has 14 heavy (non-hydrogen) atoms. The highest BCUT2D eigenvalue weighted by atomic mass is 32.1. The van der Waals surface area contributed by atoms with E-state index >= 15 is 0 Å². The summed E-state index contributed by atoms with van der Waals surface area (Å²) in [6, 6.07) is 1.81. The molecule has 72 valence electrons. The zero-order valence-corrected chi connectivity index (χ0v) is 8.80. The van der Waals surface area contributed by atoms with Crippen LogP contribution in [0.1, 0.15) is 10.6 Å². The molecule has 2 aromatic heterocycles. The van der Waals surface area contributed by atoms with Crippen LogP contribution in [0.4, 0.5) is 5.95 Å². The van der Waals surface area contributed by atoms with Crippen LogP contribution in [0.15, 0.2) is 12.3 Å². The van der Waals surface area contributed by atoms with Crippen molar-refractivity contribution < 1.29 is 0 Å². The zero-order valence-electron chi connectivity index (χ0n) is 7.98. The molecule has 0 aliphatic heterocycles. The molecule has 2 aromatic rings. The van der Waals surface area contributed by atoms with Gasteiger partial charge >= 0.3 is 0 Å². The van der Waals surface area contributed by atoms with E-state index in [2.05, 4.69) is 15.0 Å². The van der Waals surface area contributed by atoms with Crippen LogP contribution in [0.2, 0.25) is 0 Å². The molecule has 0 aliphatic carbocycles. The number of nitrogen functional groups attached to an aromatic ring is 1. The van der Waals surface area contributed by atoms with Gasteiger partial charge in [0.2, 0.25) is 5.95 Å². The van der Waals surface area contributed by atoms with Gasteiger partial charge in [-0.2, -0.15) is 0 Å². The fourth-order valence-corrected chi connectivity index (χ4v) is 1.96. The molecule has 0 unspecified atom stereocenters. The maximum absolute atomic E-state index is 5.50. The molecule has 2 heterocycles. The predicted molar refractivity (Wildman–Crippen MR) is 57.0 cm³/mol. The van der Waals surface area contributed by atoms with Gasteiger partial charge in [-0.1, -0.05) is 0 Å². The van der Waals surface area contributed by atoms with Crippen LogP contribution in [0.5, 0.6) is 0 Å². The van der Waals surface area contributed by atoms with Crippen LogP contribution in [-0.4, -0.2) is 15.0 Å². The van der Waals surface area contributed by atoms with E-state index < -0.39 is 0 Å². The molecule has 0 amide bonds. The van der Waals surface area contributed by atoms with Crippen LogP contribution < -0.4 is 5.73 Å². The van der Waals surface area contributed by atoms with Gasteiger partial charge in [0.05, 0.1) is 5.69 Å². The Hall–Kier alpha value is -1.49. The summed E-state index contributed by atoms with van der Waals surface area (Å²) in [6.45, 7) is 4.03. The fourth-order valence-electron chi connectivity index (χ4n) is 1.08. The van der Waals surface area contributed by atoms with Gasteiger partial charge in [-0.05, 0) is 19.9 Å². The second kappa shape index (κ2) is 3.34. The van der Waals surface area contributed by atoms with Crippen molar-refractivity contribution in [1.29, 1.82) is 0 Å². The number of thiazole rings is 1. The van der Waals surface area contributed by atoms with Crippen LogP contribution >= 0.6 is 11.3 Å². The second-order valence-corrected chi connectivity index (χ2v) is 4.16. The molecule has 0 aromatic carbocycles. The monoisotopic (exact) mass is 206 g/mol. The molecule has 0 spiro atoms. The number of hydrogen-bond donors (Lipinski definition) is 1. The Balaban J connectivity index is 2.49. The maximum atomic E-state index is 5.50. The van der Waals surface area contributed by atoms with Gasteiger partial charge in [-0.25, -0.2) is 15.0 Å². The van der Waals surface area contributed by atoms with Crippen molar-refractivity contribution in [2.75, 3.05) is 5.73 Å². The minimum absolute atomic E-state index is 0.285. The smallest absolute Gasteiger partial charge is 0.220 e. The van der Waals surface area contributed by atoms with Crippen LogP contribution in [0.3, 0.4) is 0 Å². The number of hydrogen-bond acceptors (Lipinski definition) is 5. The summed E-state index contributed by atoms with van der Waals surface area (Å²) < 4.78 is 0. The molecule has 0 bridgehead atoms. The van der Waals surface area contributed by atoms with Crippen LogP contribution in [0, 0.1) is 13.8 Å². The Morgan fingerprint density at radius 1 is 1.29 bits per heavy atom. The standard InChI is InChI=1S/C9H10N4S/c1-5-6(2)14-8(12-5)7-3-4-11-9(10)13-7/h3-4H,1-2H3,(H2,10,11,13). The summed E-state index contributed by atoms with van der Waals surface area (Å²) in [5, 5.41) is 0.897. The summed E-state index contributed by atoms with van der Waals surface area (Å²) in [5.41, 5.74) is 7.33. The van der Waals surface area contributed by atoms with Gasteiger partial charge in [-0.3, -0.25) is 0 Å². The quantitative estimate of drug-likeness (QED) is 0.772. The molecule has 2 N–H and O–H groups in total. The van der Waals surface area contributed by atoms with Crippen molar-refractivity contribution in [3.05, 3.63) is 22.8 Å². The minimum Gasteiger partial charge on any atom is -0.368 e. The minimum atomic E-state index is 0.285. The van der Waals surface area contributed by atoms with Gasteiger partial charge in [-0.15, -0.1) is 11.3 Å². The second-order valence-electron chi connectivity index (χ2n) is 2.96. The number of aromatic nitrogens is 3. The SMILES string of the molecule is Cc1nc(-c2ccnc(N)n2)sc1C. The van der Waals surface area contributed by atoms with E-state index in [9.17, 15) is 0 Å². The van der Waals surface area contributed by atoms with E-state index in [4.69, 9.17) is 5.73 Å². The van der Waals surface area contributed by atoms with E-state index in [0.29, 0.717) is 0 Å². The van der Waals surface area contributed by atoms with Gasteiger partial charge < -0.3 is 5.73 Å². The molecule has 5 heteroatoms. The van der Waals surface area contributed by atoms with E-state index in [0.717, 1.165) is 16.4 Å². The van der Waals surface area contributed by atoms with E-state index in [-0.39, 0.29) is 5.95 Å². The van der Waals surface area contributed by atoms with E-state index in [1.165, 1.54) is 4.88 Å². The molecular formula is C9H10N4S. The number of anilines is 1. The largest absolute Gasteiger partial charge is 0.368 e. The lowest BCUT2D eigenvalue weighted by Crippen LogP contribution is -1.94. The van der Waals surface area contributed by atoms with E-state index in [1.807, 2.05) is 19.9 Å². The zero-order chi connectivity index (χ0) is 10.1. The van der Waals surface area contributed by atoms with Crippen LogP contribution in [-0.2, 0) is 0 Å². The summed E-state index contributed by atoms with van der Waals surface area (Å²) in [6.07, 6.45) is 1.64. The van der Waals surface area contributed by atoms with Gasteiger partial charge in [0.1, 0.15) is 10.7 Å². The number of nitrogens with two attached hydrogens (primary N) is 1. The Morgan fingerprint density at radius 3 is 2.64 bits per heavy atom. The third kappa shape index (κ3) is 1.58. The Morgan fingerprint density at radius 2 is 2.07 bits per heavy atom. The molecule has 0 atom stereocenters. The topological polar surface area (TPSA) is 64.7 Å². The van der Waals surface area contributed by atoms with Crippen molar-refractivity contribution in [3.8, 4) is 10.7 Å². The third-order valence-electron chi connectivity index (χ3n) is 1.92. The number of nitrogens with zero attached hydrogens (tertiary/aromatic N) is 3. The van der Waals surface area contributed by atoms with Crippen molar-refractivity contribution in [3.63, 3.8) is 0 Å². The molecule has 0 aliphatic rings. The first-order chi connectivity index (χ1) is 6.66. The lowest BCUT2D eigenvalue weighted by Gasteiger charge is -1.94. The average molecular weight is 206 g/mol. The highest BCUT2D eigenvalue weighted by molar-refractivity contribution is 7.15.